The van der Waals surface area contributed by atoms with Crippen molar-refractivity contribution in [2.24, 2.45) is 0 Å². The highest BCUT2D eigenvalue weighted by Crippen LogP contribution is 2.14. The van der Waals surface area contributed by atoms with E-state index in [-0.39, 0.29) is 36.2 Å². The van der Waals surface area contributed by atoms with Crippen LogP contribution in [0.1, 0.15) is 162 Å². The number of quaternary nitrogens is 1. The van der Waals surface area contributed by atoms with Crippen molar-refractivity contribution in [2.75, 3.05) is 41.0 Å². The fourth-order valence-electron chi connectivity index (χ4n) is 5.98. The van der Waals surface area contributed by atoms with Gasteiger partial charge in [0.2, 0.25) is 0 Å². The van der Waals surface area contributed by atoms with E-state index in [0.717, 1.165) is 70.6 Å². The van der Waals surface area contributed by atoms with Crippen LogP contribution < -0.4 is 0 Å². The number of aliphatic carboxylic acids is 1. The molecule has 0 bridgehead atoms. The van der Waals surface area contributed by atoms with Crippen LogP contribution >= 0.6 is 0 Å². The van der Waals surface area contributed by atoms with E-state index in [9.17, 15) is 19.5 Å². The van der Waals surface area contributed by atoms with Crippen LogP contribution in [0, 0.1) is 0 Å². The minimum absolute atomic E-state index is 0.0451. The Kier molecular flexibility index (Phi) is 36.4. The summed E-state index contributed by atoms with van der Waals surface area (Å²) >= 11 is 0. The Morgan fingerprint density at radius 1 is 0.554 bits per heavy atom. The molecule has 0 amide bonds. The van der Waals surface area contributed by atoms with E-state index in [1.807, 2.05) is 21.1 Å². The molecule has 0 spiro atoms. The maximum Gasteiger partial charge on any atom is 0.362 e. The third-order valence-corrected chi connectivity index (χ3v) is 9.37. The van der Waals surface area contributed by atoms with Crippen molar-refractivity contribution in [2.45, 2.75) is 174 Å². The Labute approximate surface area is 342 Å². The minimum atomic E-state index is -0.884. The third-order valence-electron chi connectivity index (χ3n) is 9.37. The van der Waals surface area contributed by atoms with Crippen molar-refractivity contribution in [1.29, 1.82) is 0 Å². The van der Waals surface area contributed by atoms with Gasteiger partial charge in [0.15, 0.2) is 12.1 Å². The van der Waals surface area contributed by atoms with Gasteiger partial charge in [0.05, 0.1) is 34.4 Å². The van der Waals surface area contributed by atoms with Gasteiger partial charge in [-0.05, 0) is 64.2 Å². The molecule has 0 aliphatic rings. The van der Waals surface area contributed by atoms with Gasteiger partial charge in [0, 0.05) is 19.3 Å². The number of likely N-dealkylation sites (N-methyl/N-ethyl adjacent to an activating group) is 1. The number of nitrogens with zero attached hydrogens (tertiary/aromatic N) is 1. The number of carboxylic acids is 1. The lowest BCUT2D eigenvalue weighted by atomic mass is 10.1. The topological polar surface area (TPSA) is 99.1 Å². The third kappa shape index (κ3) is 36.4. The monoisotopic (exact) mass is 785 g/mol. The summed E-state index contributed by atoms with van der Waals surface area (Å²) in [5.74, 6) is -1.53. The lowest BCUT2D eigenvalue weighted by molar-refractivity contribution is -0.887. The molecule has 0 heterocycles. The fraction of sp³-hybridized carbons (Fsp3) is 0.688. The van der Waals surface area contributed by atoms with Crippen LogP contribution in [0.4, 0.5) is 0 Å². The lowest BCUT2D eigenvalue weighted by Gasteiger charge is -2.31. The van der Waals surface area contributed by atoms with Crippen LogP contribution in [0.15, 0.2) is 72.9 Å². The number of carboxylic acid groups (broad SMARTS) is 1. The van der Waals surface area contributed by atoms with Crippen molar-refractivity contribution >= 4 is 17.9 Å². The summed E-state index contributed by atoms with van der Waals surface area (Å²) in [7, 11) is 5.50. The number of hydrogen-bond donors (Lipinski definition) is 1. The first kappa shape index (κ1) is 52.8. The molecule has 56 heavy (non-hydrogen) atoms. The number of hydrogen-bond acceptors (Lipinski definition) is 6. The number of rotatable bonds is 38. The molecule has 8 heteroatoms. The van der Waals surface area contributed by atoms with Crippen molar-refractivity contribution in [3.8, 4) is 0 Å². The minimum Gasteiger partial charge on any atom is -0.477 e. The fourth-order valence-corrected chi connectivity index (χ4v) is 5.98. The summed E-state index contributed by atoms with van der Waals surface area (Å²) < 4.78 is 17.2. The molecular formula is C48H82NO7+. The van der Waals surface area contributed by atoms with Crippen LogP contribution in [0.5, 0.6) is 0 Å². The van der Waals surface area contributed by atoms with Gasteiger partial charge in [-0.15, -0.1) is 0 Å². The molecule has 0 saturated heterocycles. The van der Waals surface area contributed by atoms with Crippen molar-refractivity contribution < 1.29 is 38.2 Å². The van der Waals surface area contributed by atoms with Crippen LogP contribution in [0.2, 0.25) is 0 Å². The Balaban J connectivity index is 4.40. The van der Waals surface area contributed by atoms with Gasteiger partial charge in [0.1, 0.15) is 6.61 Å². The van der Waals surface area contributed by atoms with E-state index < -0.39 is 18.1 Å². The van der Waals surface area contributed by atoms with E-state index in [2.05, 4.69) is 86.8 Å². The highest BCUT2D eigenvalue weighted by Gasteiger charge is 2.31. The van der Waals surface area contributed by atoms with Gasteiger partial charge >= 0.3 is 17.9 Å². The smallest absolute Gasteiger partial charge is 0.362 e. The van der Waals surface area contributed by atoms with E-state index >= 15 is 0 Å². The molecule has 0 aromatic carbocycles. The molecule has 0 radical (unpaired) electrons. The van der Waals surface area contributed by atoms with E-state index in [4.69, 9.17) is 14.2 Å². The van der Waals surface area contributed by atoms with E-state index in [1.54, 1.807) is 0 Å². The summed E-state index contributed by atoms with van der Waals surface area (Å²) in [4.78, 5) is 36.9. The van der Waals surface area contributed by atoms with Crippen molar-refractivity contribution in [3.63, 3.8) is 0 Å². The first-order chi connectivity index (χ1) is 27.1. The first-order valence-corrected chi connectivity index (χ1v) is 22.0. The zero-order valence-corrected chi connectivity index (χ0v) is 36.3. The van der Waals surface area contributed by atoms with E-state index in [0.29, 0.717) is 25.7 Å². The van der Waals surface area contributed by atoms with Gasteiger partial charge in [0.25, 0.3) is 0 Å². The zero-order chi connectivity index (χ0) is 41.4. The molecule has 0 aromatic heterocycles. The number of ether oxygens (including phenoxy) is 3. The number of carbonyl (C=O) groups excluding carboxylic acids is 2. The molecule has 0 rings (SSSR count). The largest absolute Gasteiger partial charge is 0.477 e. The number of esters is 2. The first-order valence-electron chi connectivity index (χ1n) is 22.0. The molecule has 320 valence electrons. The predicted octanol–water partition coefficient (Wildman–Crippen LogP) is 12.0. The average molecular weight is 785 g/mol. The molecule has 1 N–H and O–H groups in total. The highest BCUT2D eigenvalue weighted by atomic mass is 16.6. The second-order valence-corrected chi connectivity index (χ2v) is 15.6. The summed E-state index contributed by atoms with van der Waals surface area (Å²) in [5.41, 5.74) is 0. The maximum atomic E-state index is 12.7. The van der Waals surface area contributed by atoms with Gasteiger partial charge in [-0.2, -0.15) is 0 Å². The summed E-state index contributed by atoms with van der Waals surface area (Å²) in [6, 6.07) is -0.622. The van der Waals surface area contributed by atoms with Gasteiger partial charge < -0.3 is 23.8 Å². The predicted molar refractivity (Wildman–Crippen MR) is 233 cm³/mol. The number of unbranched alkanes of at least 4 members (excludes halogenated alkanes) is 12. The summed E-state index contributed by atoms with van der Waals surface area (Å²) in [5, 5.41) is 9.61. The second-order valence-electron chi connectivity index (χ2n) is 15.6. The Bertz CT molecular complexity index is 1140. The van der Waals surface area contributed by atoms with E-state index in [1.165, 1.54) is 51.4 Å². The Morgan fingerprint density at radius 2 is 1.00 bits per heavy atom. The summed E-state index contributed by atoms with van der Waals surface area (Å²) in [6.45, 7) is 4.55. The standard InChI is InChI=1S/C48H81NO7/c1-6-8-10-12-14-16-18-19-20-21-22-23-24-25-26-27-29-30-32-34-36-38-46(50)55-43-44(42-54-41-40-45(48(52)53)49(3,4)5)56-47(51)39-37-35-33-31-28-17-15-13-11-9-7-2/h8,10,14,16,19-20,22-23,25-26,29-30,44-45H,6-7,9,11-13,15,17-18,21,24,27-28,31-43H2,1-5H3/p+1/b10-8+,16-14+,20-19+,23-22+,26-25+,30-29+. The second kappa shape index (κ2) is 38.6. The molecule has 8 nitrogen and oxygen atoms in total. The average Bonchev–Trinajstić information content (AvgIpc) is 3.15. The normalized spacial score (nSPS) is 13.7. The van der Waals surface area contributed by atoms with Gasteiger partial charge in [-0.3, -0.25) is 9.59 Å². The van der Waals surface area contributed by atoms with Crippen LogP contribution in [0.3, 0.4) is 0 Å². The molecule has 0 fully saturated rings. The molecular weight excluding hydrogens is 703 g/mol. The molecule has 0 aliphatic carbocycles. The number of carbonyl (C=O) groups is 3. The van der Waals surface area contributed by atoms with Gasteiger partial charge in [-0.25, -0.2) is 4.79 Å². The molecule has 2 atom stereocenters. The zero-order valence-electron chi connectivity index (χ0n) is 36.3. The number of allylic oxidation sites excluding steroid dienone is 12. The highest BCUT2D eigenvalue weighted by molar-refractivity contribution is 5.72. The molecule has 0 saturated carbocycles. The summed E-state index contributed by atoms with van der Waals surface area (Å²) in [6.07, 6.45) is 48.0. The van der Waals surface area contributed by atoms with Crippen molar-refractivity contribution in [3.05, 3.63) is 72.9 Å². The quantitative estimate of drug-likeness (QED) is 0.0288. The molecule has 2 unspecified atom stereocenters. The molecule has 0 aromatic rings. The van der Waals surface area contributed by atoms with Crippen LogP contribution in [0.25, 0.3) is 0 Å². The lowest BCUT2D eigenvalue weighted by Crippen LogP contribution is -2.50. The Morgan fingerprint density at radius 3 is 1.48 bits per heavy atom. The Hall–Kier alpha value is -3.23. The van der Waals surface area contributed by atoms with Gasteiger partial charge in [-0.1, -0.05) is 151 Å². The van der Waals surface area contributed by atoms with Crippen LogP contribution in [-0.2, 0) is 28.6 Å². The maximum absolute atomic E-state index is 12.7. The molecule has 0 aliphatic heterocycles. The SMILES string of the molecule is CC/C=C/C/C=C/C/C=C/C/C=C/C/C=C/C/C=C/CCCCC(=O)OCC(COCCC(C(=O)O)[N+](C)(C)C)OC(=O)CCCCCCCCCCCCC. The van der Waals surface area contributed by atoms with Crippen molar-refractivity contribution in [1.82, 2.24) is 0 Å². The van der Waals surface area contributed by atoms with Crippen LogP contribution in [-0.4, -0.2) is 80.6 Å².